The van der Waals surface area contributed by atoms with Gasteiger partial charge in [0, 0.05) is 0 Å². The molecule has 1 aliphatic rings. The van der Waals surface area contributed by atoms with E-state index in [4.69, 9.17) is 4.74 Å². The molecule has 0 aliphatic heterocycles. The van der Waals surface area contributed by atoms with Gasteiger partial charge in [-0.1, -0.05) is 71.4 Å². The van der Waals surface area contributed by atoms with E-state index in [9.17, 15) is 0 Å². The number of para-hydroxylation sites is 1. The van der Waals surface area contributed by atoms with Gasteiger partial charge < -0.3 is 4.74 Å². The van der Waals surface area contributed by atoms with Crippen LogP contribution in [0.3, 0.4) is 0 Å². The second-order valence-corrected chi connectivity index (χ2v) is 15.2. The first-order valence-electron chi connectivity index (χ1n) is 12.1. The zero-order chi connectivity index (χ0) is 25.4. The topological polar surface area (TPSA) is 9.23 Å². The van der Waals surface area contributed by atoms with Crippen molar-refractivity contribution in [2.75, 3.05) is 0 Å². The Morgan fingerprint density at radius 2 is 1.42 bits per heavy atom. The first-order chi connectivity index (χ1) is 15.0. The van der Waals surface area contributed by atoms with Crippen molar-refractivity contribution < 1.29 is 23.4 Å². The third-order valence-corrected chi connectivity index (χ3v) is 7.46. The normalized spacial score (nSPS) is 15.2. The van der Waals surface area contributed by atoms with Gasteiger partial charge >= 0.3 is 90.6 Å². The molecule has 2 heteroatoms. The van der Waals surface area contributed by atoms with Gasteiger partial charge in [-0.25, -0.2) is 0 Å². The average Bonchev–Trinajstić information content (AvgIpc) is 3.13. The molecule has 0 bridgehead atoms. The van der Waals surface area contributed by atoms with Gasteiger partial charge in [0.1, 0.15) is 5.75 Å². The SMILES string of the molecule is CC(=CC(=COc1ccccc1)C(C)(C)C)C(C)(C)C.C[C](C)=[Ti][C]1=CC(C(C)(C)C)=CC1. The van der Waals surface area contributed by atoms with Crippen LogP contribution in [0.25, 0.3) is 0 Å². The minimum atomic E-state index is 0.0568. The molecular weight excluding hydrogens is 436 g/mol. The summed E-state index contributed by atoms with van der Waals surface area (Å²) in [6.07, 6.45) is 10.2. The van der Waals surface area contributed by atoms with Crippen molar-refractivity contribution in [2.45, 2.75) is 89.5 Å². The molecule has 1 aromatic rings. The molecule has 1 aliphatic carbocycles. The molecule has 1 nitrogen and oxygen atoms in total. The zero-order valence-corrected chi connectivity index (χ0v) is 24.9. The van der Waals surface area contributed by atoms with E-state index in [0.29, 0.717) is 5.41 Å². The molecule has 0 N–H and O–H groups in total. The average molecular weight is 484 g/mol. The first kappa shape index (κ1) is 29.6. The van der Waals surface area contributed by atoms with Gasteiger partial charge in [-0.05, 0) is 35.5 Å². The summed E-state index contributed by atoms with van der Waals surface area (Å²) < 4.78 is 9.13. The molecule has 0 atom stereocenters. The van der Waals surface area contributed by atoms with Gasteiger partial charge in [-0.3, -0.25) is 0 Å². The summed E-state index contributed by atoms with van der Waals surface area (Å²) in [6.45, 7) is 26.9. The number of rotatable bonds is 4. The molecule has 0 fully saturated rings. The van der Waals surface area contributed by atoms with Crippen LogP contribution in [0.15, 0.2) is 75.4 Å². The van der Waals surface area contributed by atoms with E-state index in [-0.39, 0.29) is 29.5 Å². The first-order valence-corrected chi connectivity index (χ1v) is 13.7. The summed E-state index contributed by atoms with van der Waals surface area (Å²) in [5, 5.41) is 0. The van der Waals surface area contributed by atoms with Crippen LogP contribution in [0, 0.1) is 16.2 Å². The van der Waals surface area contributed by atoms with Crippen molar-refractivity contribution >= 4 is 3.81 Å². The van der Waals surface area contributed by atoms with Crippen molar-refractivity contribution in [3.05, 3.63) is 75.4 Å². The van der Waals surface area contributed by atoms with Crippen LogP contribution in [-0.4, -0.2) is 3.81 Å². The molecule has 0 spiro atoms. The summed E-state index contributed by atoms with van der Waals surface area (Å²) in [5.41, 5.74) is 4.67. The number of allylic oxidation sites excluding steroid dienone is 7. The van der Waals surface area contributed by atoms with Crippen LogP contribution in [0.1, 0.15) is 89.5 Å². The van der Waals surface area contributed by atoms with Gasteiger partial charge in [0.2, 0.25) is 0 Å². The summed E-state index contributed by atoms with van der Waals surface area (Å²) in [4.78, 5) is 0. The fourth-order valence-electron chi connectivity index (χ4n) is 2.96. The fraction of sp³-hybridized carbons (Fsp3) is 0.516. The zero-order valence-electron chi connectivity index (χ0n) is 23.3. The van der Waals surface area contributed by atoms with Crippen LogP contribution >= 0.6 is 0 Å². The van der Waals surface area contributed by atoms with Crippen molar-refractivity contribution in [3.63, 3.8) is 0 Å². The summed E-state index contributed by atoms with van der Waals surface area (Å²) in [7, 11) is 0. The predicted octanol–water partition coefficient (Wildman–Crippen LogP) is 9.53. The van der Waals surface area contributed by atoms with Gasteiger partial charge in [0.05, 0.1) is 6.26 Å². The van der Waals surface area contributed by atoms with E-state index in [1.54, 1.807) is 7.69 Å². The van der Waals surface area contributed by atoms with Crippen LogP contribution in [0.5, 0.6) is 5.75 Å². The molecule has 33 heavy (non-hydrogen) atoms. The Balaban J connectivity index is 0.000000361. The fourth-order valence-corrected chi connectivity index (χ4v) is 4.64. The maximum absolute atomic E-state index is 5.80. The van der Waals surface area contributed by atoms with Crippen LogP contribution in [0.4, 0.5) is 0 Å². The molecule has 0 aromatic heterocycles. The summed E-state index contributed by atoms with van der Waals surface area (Å²) >= 11 is 0.0803. The third-order valence-electron chi connectivity index (χ3n) is 5.63. The van der Waals surface area contributed by atoms with E-state index in [2.05, 4.69) is 101 Å². The van der Waals surface area contributed by atoms with E-state index in [1.807, 2.05) is 36.6 Å². The number of hydrogen-bond acceptors (Lipinski definition) is 1. The number of ether oxygens (including phenoxy) is 1. The van der Waals surface area contributed by atoms with E-state index in [1.165, 1.54) is 23.1 Å². The van der Waals surface area contributed by atoms with Gasteiger partial charge in [0.25, 0.3) is 0 Å². The second kappa shape index (κ2) is 12.3. The predicted molar refractivity (Wildman–Crippen MR) is 144 cm³/mol. The Hall–Kier alpha value is -1.44. The Bertz CT molecular complexity index is 914. The Kier molecular flexibility index (Phi) is 11.0. The molecule has 0 radical (unpaired) electrons. The number of benzene rings is 1. The summed E-state index contributed by atoms with van der Waals surface area (Å²) in [6, 6.07) is 9.89. The molecule has 0 unspecified atom stereocenters. The molecule has 0 heterocycles. The molecular formula is C31H47OTi. The van der Waals surface area contributed by atoms with Crippen molar-refractivity contribution in [1.29, 1.82) is 0 Å². The van der Waals surface area contributed by atoms with Gasteiger partial charge in [0.15, 0.2) is 0 Å². The molecule has 0 saturated carbocycles. The Morgan fingerprint density at radius 1 is 0.848 bits per heavy atom. The van der Waals surface area contributed by atoms with Gasteiger partial charge in [-0.2, -0.15) is 0 Å². The molecule has 181 valence electrons. The third kappa shape index (κ3) is 11.5. The second-order valence-electron chi connectivity index (χ2n) is 12.2. The van der Waals surface area contributed by atoms with Crippen LogP contribution in [-0.2, 0) is 18.7 Å². The molecule has 0 saturated heterocycles. The van der Waals surface area contributed by atoms with Crippen LogP contribution < -0.4 is 4.74 Å². The van der Waals surface area contributed by atoms with E-state index in [0.717, 1.165) is 5.75 Å². The van der Waals surface area contributed by atoms with Crippen molar-refractivity contribution in [3.8, 4) is 5.75 Å². The minimum absolute atomic E-state index is 0.0568. The standard InChI is InChI=1S/C19H28O.C9H13.C3H6.Ti/c1-15(18(2,3)4)13-16(19(5,6)7)14-20-17-11-9-8-10-12-17;1-9(2,3)8-6-4-5-7-8;1-3-2;/h8-14H,1-7H3;6-7H,4H2,1-3H3;1-2H3;. The Morgan fingerprint density at radius 3 is 1.85 bits per heavy atom. The number of hydrogen-bond donors (Lipinski definition) is 0. The Labute approximate surface area is 213 Å². The van der Waals surface area contributed by atoms with Gasteiger partial charge in [-0.15, -0.1) is 0 Å². The molecule has 1 aromatic carbocycles. The quantitative estimate of drug-likeness (QED) is 0.235. The van der Waals surface area contributed by atoms with Crippen molar-refractivity contribution in [1.82, 2.24) is 0 Å². The summed E-state index contributed by atoms with van der Waals surface area (Å²) in [5.74, 6) is 0.871. The van der Waals surface area contributed by atoms with Crippen molar-refractivity contribution in [2.24, 2.45) is 16.2 Å². The molecule has 0 amide bonds. The monoisotopic (exact) mass is 483 g/mol. The molecule has 2 rings (SSSR count). The van der Waals surface area contributed by atoms with E-state index < -0.39 is 0 Å². The van der Waals surface area contributed by atoms with E-state index >= 15 is 0 Å². The maximum atomic E-state index is 5.80. The van der Waals surface area contributed by atoms with Crippen LogP contribution in [0.2, 0.25) is 0 Å².